The lowest BCUT2D eigenvalue weighted by atomic mass is 9.78. The zero-order valence-electron chi connectivity index (χ0n) is 14.5. The lowest BCUT2D eigenvalue weighted by Crippen LogP contribution is -2.31. The fourth-order valence-electron chi connectivity index (χ4n) is 5.48. The number of fused-ring (bicyclic) bond motifs is 1. The Labute approximate surface area is 152 Å². The molecule has 1 saturated heterocycles. The summed E-state index contributed by atoms with van der Waals surface area (Å²) < 4.78 is 0. The number of imide groups is 1. The van der Waals surface area contributed by atoms with E-state index in [2.05, 4.69) is 19.1 Å². The number of aryl methyl sites for hydroxylation is 1. The Morgan fingerprint density at radius 2 is 1.96 bits per heavy atom. The third-order valence-electron chi connectivity index (χ3n) is 6.84. The van der Waals surface area contributed by atoms with E-state index in [0.29, 0.717) is 11.4 Å². The zero-order chi connectivity index (χ0) is 17.1. The normalized spacial score (nSPS) is 36.8. The van der Waals surface area contributed by atoms with Crippen molar-refractivity contribution < 1.29 is 9.59 Å². The SMILES string of the molecule is CCc1ccc(/C=C2\SC(=O)N(CC[C@H]3C[C@H]4CC5C4[C@@H]53)C2=O)cc1. The van der Waals surface area contributed by atoms with E-state index in [4.69, 9.17) is 0 Å². The summed E-state index contributed by atoms with van der Waals surface area (Å²) in [6, 6.07) is 8.19. The maximum Gasteiger partial charge on any atom is 0.293 e. The number of amides is 2. The lowest BCUT2D eigenvalue weighted by molar-refractivity contribution is -0.122. The van der Waals surface area contributed by atoms with E-state index in [9.17, 15) is 9.59 Å². The van der Waals surface area contributed by atoms with Crippen molar-refractivity contribution in [2.45, 2.75) is 32.6 Å². The first-order chi connectivity index (χ1) is 12.2. The minimum absolute atomic E-state index is 0.100. The molecule has 4 fully saturated rings. The molecule has 5 rings (SSSR count). The molecule has 4 aliphatic rings. The highest BCUT2D eigenvalue weighted by Crippen LogP contribution is 2.75. The molecule has 2 amide bonds. The molecule has 1 aromatic carbocycles. The van der Waals surface area contributed by atoms with E-state index < -0.39 is 0 Å². The molecular formula is C21H23NO2S. The Hall–Kier alpha value is -1.55. The van der Waals surface area contributed by atoms with Crippen LogP contribution in [0.3, 0.4) is 0 Å². The first-order valence-electron chi connectivity index (χ1n) is 9.50. The molecule has 1 aromatic rings. The average molecular weight is 353 g/mol. The largest absolute Gasteiger partial charge is 0.293 e. The van der Waals surface area contributed by atoms with Crippen molar-refractivity contribution in [3.8, 4) is 0 Å². The number of carbonyl (C=O) groups is 2. The molecule has 0 spiro atoms. The summed E-state index contributed by atoms with van der Waals surface area (Å²) in [5.41, 5.74) is 2.26. The standard InChI is InChI=1S/C21H23NO2S/c1-2-12-3-5-13(6-4-12)9-17-20(23)22(21(24)25-17)8-7-14-10-15-11-16-18(14)19(15)16/h3-6,9,14-16,18-19H,2,7-8,10-11H2,1H3/b17-9-/t14-,15-,16?,18+,19?/m0/s1. The summed E-state index contributed by atoms with van der Waals surface area (Å²) in [5.74, 6) is 4.58. The van der Waals surface area contributed by atoms with Gasteiger partial charge in [-0.1, -0.05) is 31.2 Å². The fraction of sp³-hybridized carbons (Fsp3) is 0.524. The van der Waals surface area contributed by atoms with Crippen LogP contribution in [0, 0.1) is 29.6 Å². The molecule has 0 aromatic heterocycles. The Morgan fingerprint density at radius 3 is 2.60 bits per heavy atom. The Morgan fingerprint density at radius 1 is 1.16 bits per heavy atom. The van der Waals surface area contributed by atoms with Gasteiger partial charge >= 0.3 is 0 Å². The van der Waals surface area contributed by atoms with E-state index in [1.165, 1.54) is 23.3 Å². The molecule has 0 radical (unpaired) electrons. The molecular weight excluding hydrogens is 330 g/mol. The Balaban J connectivity index is 1.24. The molecule has 4 heteroatoms. The van der Waals surface area contributed by atoms with E-state index in [1.54, 1.807) is 0 Å². The lowest BCUT2D eigenvalue weighted by Gasteiger charge is -2.28. The predicted octanol–water partition coefficient (Wildman–Crippen LogP) is 4.58. The maximum atomic E-state index is 12.6. The Bertz CT molecular complexity index is 769. The van der Waals surface area contributed by atoms with Crippen molar-refractivity contribution in [2.24, 2.45) is 29.6 Å². The van der Waals surface area contributed by atoms with Gasteiger partial charge < -0.3 is 0 Å². The number of nitrogens with zero attached hydrogens (tertiary/aromatic N) is 1. The van der Waals surface area contributed by atoms with Crippen molar-refractivity contribution in [1.82, 2.24) is 4.90 Å². The van der Waals surface area contributed by atoms with Crippen LogP contribution in [0.25, 0.3) is 6.08 Å². The van der Waals surface area contributed by atoms with Crippen LogP contribution in [0.5, 0.6) is 0 Å². The van der Waals surface area contributed by atoms with E-state index >= 15 is 0 Å². The highest BCUT2D eigenvalue weighted by Gasteiger charge is 2.69. The number of hydrogen-bond donors (Lipinski definition) is 0. The van der Waals surface area contributed by atoms with Gasteiger partial charge in [-0.05, 0) is 84.2 Å². The van der Waals surface area contributed by atoms with Crippen LogP contribution in [0.2, 0.25) is 0 Å². The van der Waals surface area contributed by atoms with Crippen LogP contribution in [0.4, 0.5) is 4.79 Å². The van der Waals surface area contributed by atoms with Crippen LogP contribution in [-0.4, -0.2) is 22.6 Å². The van der Waals surface area contributed by atoms with Crippen LogP contribution in [0.1, 0.15) is 37.3 Å². The first kappa shape index (κ1) is 15.7. The Kier molecular flexibility index (Phi) is 3.60. The molecule has 3 aliphatic carbocycles. The minimum atomic E-state index is -0.106. The summed E-state index contributed by atoms with van der Waals surface area (Å²) in [7, 11) is 0. The molecule has 0 bridgehead atoms. The van der Waals surface area contributed by atoms with Crippen molar-refractivity contribution >= 4 is 29.0 Å². The topological polar surface area (TPSA) is 37.4 Å². The summed E-state index contributed by atoms with van der Waals surface area (Å²) in [4.78, 5) is 26.9. The molecule has 2 unspecified atom stereocenters. The van der Waals surface area contributed by atoms with Crippen LogP contribution >= 0.6 is 11.8 Å². The summed E-state index contributed by atoms with van der Waals surface area (Å²) in [6.07, 6.45) is 6.65. The molecule has 3 nitrogen and oxygen atoms in total. The van der Waals surface area contributed by atoms with Crippen molar-refractivity contribution in [3.05, 3.63) is 40.3 Å². The van der Waals surface area contributed by atoms with Crippen molar-refractivity contribution in [3.63, 3.8) is 0 Å². The molecule has 0 N–H and O–H groups in total. The van der Waals surface area contributed by atoms with Gasteiger partial charge in [0.15, 0.2) is 0 Å². The van der Waals surface area contributed by atoms with Gasteiger partial charge in [0.1, 0.15) is 0 Å². The van der Waals surface area contributed by atoms with Gasteiger partial charge in [-0.2, -0.15) is 0 Å². The average Bonchev–Trinajstić information content (AvgIpc) is 2.98. The third-order valence-corrected chi connectivity index (χ3v) is 7.75. The number of thioether (sulfide) groups is 1. The molecule has 1 aliphatic heterocycles. The monoisotopic (exact) mass is 353 g/mol. The van der Waals surface area contributed by atoms with E-state index in [0.717, 1.165) is 59.8 Å². The molecule has 5 atom stereocenters. The van der Waals surface area contributed by atoms with Crippen LogP contribution in [0.15, 0.2) is 29.2 Å². The maximum absolute atomic E-state index is 12.6. The van der Waals surface area contributed by atoms with Gasteiger partial charge in [0, 0.05) is 6.54 Å². The van der Waals surface area contributed by atoms with Gasteiger partial charge in [0.25, 0.3) is 11.1 Å². The predicted molar refractivity (Wildman–Crippen MR) is 99.8 cm³/mol. The van der Waals surface area contributed by atoms with Gasteiger partial charge in [-0.15, -0.1) is 0 Å². The van der Waals surface area contributed by atoms with Crippen LogP contribution < -0.4 is 0 Å². The minimum Gasteiger partial charge on any atom is -0.268 e. The number of rotatable bonds is 5. The quantitative estimate of drug-likeness (QED) is 0.727. The third kappa shape index (κ3) is 2.49. The molecule has 3 saturated carbocycles. The summed E-state index contributed by atoms with van der Waals surface area (Å²) >= 11 is 1.09. The summed E-state index contributed by atoms with van der Waals surface area (Å²) in [6.45, 7) is 2.72. The first-order valence-corrected chi connectivity index (χ1v) is 10.3. The van der Waals surface area contributed by atoms with Gasteiger partial charge in [-0.25, -0.2) is 0 Å². The molecule has 130 valence electrons. The second-order valence-electron chi connectivity index (χ2n) is 8.03. The number of hydrogen-bond acceptors (Lipinski definition) is 3. The highest BCUT2D eigenvalue weighted by atomic mass is 32.2. The van der Waals surface area contributed by atoms with Crippen molar-refractivity contribution in [2.75, 3.05) is 6.54 Å². The second-order valence-corrected chi connectivity index (χ2v) is 9.02. The molecule has 1 heterocycles. The zero-order valence-corrected chi connectivity index (χ0v) is 15.3. The van der Waals surface area contributed by atoms with Gasteiger partial charge in [-0.3, -0.25) is 14.5 Å². The van der Waals surface area contributed by atoms with Gasteiger partial charge in [0.05, 0.1) is 4.91 Å². The smallest absolute Gasteiger partial charge is 0.268 e. The van der Waals surface area contributed by atoms with E-state index in [-0.39, 0.29) is 11.1 Å². The number of carbonyl (C=O) groups excluding carboxylic acids is 2. The van der Waals surface area contributed by atoms with Gasteiger partial charge in [0.2, 0.25) is 0 Å². The fourth-order valence-corrected chi connectivity index (χ4v) is 6.34. The summed E-state index contributed by atoms with van der Waals surface area (Å²) in [5, 5.41) is -0.100. The second kappa shape index (κ2) is 5.73. The van der Waals surface area contributed by atoms with Crippen molar-refractivity contribution in [1.29, 1.82) is 0 Å². The van der Waals surface area contributed by atoms with E-state index in [1.807, 2.05) is 18.2 Å². The molecule has 25 heavy (non-hydrogen) atoms. The van der Waals surface area contributed by atoms with Crippen LogP contribution in [-0.2, 0) is 11.2 Å². The highest BCUT2D eigenvalue weighted by molar-refractivity contribution is 8.18. The number of benzene rings is 1.